The van der Waals surface area contributed by atoms with Gasteiger partial charge in [0.2, 0.25) is 0 Å². The van der Waals surface area contributed by atoms with Crippen LogP contribution in [-0.4, -0.2) is 56.0 Å². The normalized spacial score (nSPS) is 40.3. The molecule has 0 bridgehead atoms. The Morgan fingerprint density at radius 2 is 2.36 bits per heavy atom. The van der Waals surface area contributed by atoms with Crippen LogP contribution in [0.4, 0.5) is 0 Å². The lowest BCUT2D eigenvalue weighted by molar-refractivity contribution is -0.0618. The van der Waals surface area contributed by atoms with Crippen LogP contribution in [0.25, 0.3) is 0 Å². The Morgan fingerprint density at radius 3 is 2.93 bits per heavy atom. The van der Waals surface area contributed by atoms with Crippen molar-refractivity contribution >= 4 is 0 Å². The third kappa shape index (κ3) is 1.80. The van der Waals surface area contributed by atoms with Crippen LogP contribution in [0.5, 0.6) is 0 Å². The number of nitrogens with zero attached hydrogens (tertiary/aromatic N) is 1. The largest absolute Gasteiger partial charge is 0.379 e. The number of morpholine rings is 1. The molecule has 2 atom stereocenters. The molecular weight excluding hydrogens is 180 g/mol. The first-order valence-corrected chi connectivity index (χ1v) is 5.41. The fourth-order valence-corrected chi connectivity index (χ4v) is 2.39. The maximum atomic E-state index is 5.88. The van der Waals surface area contributed by atoms with Crippen molar-refractivity contribution in [2.75, 3.05) is 39.5 Å². The summed E-state index contributed by atoms with van der Waals surface area (Å²) in [5.74, 6) is 0. The second kappa shape index (κ2) is 4.14. The van der Waals surface area contributed by atoms with Crippen LogP contribution in [0, 0.1) is 0 Å². The summed E-state index contributed by atoms with van der Waals surface area (Å²) in [6, 6.07) is 0. The lowest BCUT2D eigenvalue weighted by Crippen LogP contribution is -2.59. The molecule has 2 N–H and O–H groups in total. The molecule has 0 spiro atoms. The molecule has 2 aliphatic rings. The van der Waals surface area contributed by atoms with Gasteiger partial charge in [-0.1, -0.05) is 0 Å². The smallest absolute Gasteiger partial charge is 0.0674 e. The monoisotopic (exact) mass is 200 g/mol. The second-order valence-corrected chi connectivity index (χ2v) is 4.36. The van der Waals surface area contributed by atoms with Crippen LogP contribution < -0.4 is 5.73 Å². The molecule has 2 fully saturated rings. The first-order chi connectivity index (χ1) is 6.77. The van der Waals surface area contributed by atoms with Gasteiger partial charge in [0.1, 0.15) is 0 Å². The van der Waals surface area contributed by atoms with Gasteiger partial charge in [-0.2, -0.15) is 0 Å². The lowest BCUT2D eigenvalue weighted by atomic mass is 9.95. The minimum absolute atomic E-state index is 0.0953. The molecule has 0 aromatic rings. The van der Waals surface area contributed by atoms with Gasteiger partial charge >= 0.3 is 0 Å². The molecule has 0 aromatic carbocycles. The predicted octanol–water partition coefficient (Wildman–Crippen LogP) is -0.175. The Kier molecular flexibility index (Phi) is 3.07. The van der Waals surface area contributed by atoms with E-state index in [9.17, 15) is 0 Å². The van der Waals surface area contributed by atoms with Gasteiger partial charge < -0.3 is 15.2 Å². The molecule has 0 aliphatic carbocycles. The average molecular weight is 200 g/mol. The van der Waals surface area contributed by atoms with Crippen molar-refractivity contribution in [3.05, 3.63) is 0 Å². The molecule has 4 heteroatoms. The highest BCUT2D eigenvalue weighted by Crippen LogP contribution is 2.26. The van der Waals surface area contributed by atoms with E-state index in [2.05, 4.69) is 11.8 Å². The van der Waals surface area contributed by atoms with E-state index < -0.39 is 0 Å². The minimum atomic E-state index is 0.0953. The third-order valence-corrected chi connectivity index (χ3v) is 3.37. The molecule has 2 saturated heterocycles. The summed E-state index contributed by atoms with van der Waals surface area (Å²) in [6.07, 6.45) is 1.39. The van der Waals surface area contributed by atoms with Crippen molar-refractivity contribution in [1.82, 2.24) is 4.90 Å². The molecule has 82 valence electrons. The maximum absolute atomic E-state index is 5.88. The zero-order valence-electron chi connectivity index (χ0n) is 8.87. The lowest BCUT2D eigenvalue weighted by Gasteiger charge is -2.43. The summed E-state index contributed by atoms with van der Waals surface area (Å²) in [4.78, 5) is 2.45. The van der Waals surface area contributed by atoms with E-state index in [-0.39, 0.29) is 5.54 Å². The van der Waals surface area contributed by atoms with Crippen molar-refractivity contribution in [3.8, 4) is 0 Å². The van der Waals surface area contributed by atoms with Gasteiger partial charge in [-0.05, 0) is 13.3 Å². The van der Waals surface area contributed by atoms with Crippen molar-refractivity contribution in [2.45, 2.75) is 25.0 Å². The summed E-state index contributed by atoms with van der Waals surface area (Å²) >= 11 is 0. The molecule has 4 nitrogen and oxygen atoms in total. The molecule has 2 aliphatic heterocycles. The highest BCUT2D eigenvalue weighted by atomic mass is 16.5. The summed E-state index contributed by atoms with van der Waals surface area (Å²) in [7, 11) is 0. The van der Waals surface area contributed by atoms with Gasteiger partial charge in [-0.3, -0.25) is 4.90 Å². The number of ether oxygens (including phenoxy) is 2. The highest BCUT2D eigenvalue weighted by molar-refractivity contribution is 4.96. The zero-order chi connectivity index (χ0) is 10.0. The predicted molar refractivity (Wildman–Crippen MR) is 54.2 cm³/mol. The summed E-state index contributed by atoms with van der Waals surface area (Å²) in [6.45, 7) is 7.25. The van der Waals surface area contributed by atoms with Crippen molar-refractivity contribution in [2.24, 2.45) is 5.73 Å². The topological polar surface area (TPSA) is 47.7 Å². The Bertz CT molecular complexity index is 193. The molecular formula is C10H20N2O2. The van der Waals surface area contributed by atoms with Gasteiger partial charge in [0.15, 0.2) is 0 Å². The molecule has 0 amide bonds. The van der Waals surface area contributed by atoms with Crippen LogP contribution in [0.15, 0.2) is 0 Å². The Hall–Kier alpha value is -0.160. The fraction of sp³-hybridized carbons (Fsp3) is 1.00. The van der Waals surface area contributed by atoms with Crippen molar-refractivity contribution in [1.29, 1.82) is 0 Å². The average Bonchev–Trinajstić information content (AvgIpc) is 2.67. The SMILES string of the molecule is CC1CN(C2(CN)CCOC2)CCO1. The van der Waals surface area contributed by atoms with Crippen LogP contribution in [-0.2, 0) is 9.47 Å². The van der Waals surface area contributed by atoms with Gasteiger partial charge in [-0.25, -0.2) is 0 Å². The highest BCUT2D eigenvalue weighted by Gasteiger charge is 2.40. The van der Waals surface area contributed by atoms with E-state index in [1.165, 1.54) is 0 Å². The standard InChI is InChI=1S/C10H20N2O2/c1-9-6-12(3-5-14-9)10(7-11)2-4-13-8-10/h9H,2-8,11H2,1H3. The Balaban J connectivity index is 2.03. The van der Waals surface area contributed by atoms with Gasteiger partial charge in [0.05, 0.1) is 24.9 Å². The molecule has 2 heterocycles. The number of hydrogen-bond acceptors (Lipinski definition) is 4. The second-order valence-electron chi connectivity index (χ2n) is 4.36. The molecule has 2 rings (SSSR count). The Labute approximate surface area is 85.3 Å². The van der Waals surface area contributed by atoms with Crippen molar-refractivity contribution < 1.29 is 9.47 Å². The quantitative estimate of drug-likeness (QED) is 0.672. The number of nitrogens with two attached hydrogens (primary N) is 1. The minimum Gasteiger partial charge on any atom is -0.379 e. The van der Waals surface area contributed by atoms with Crippen LogP contribution in [0.2, 0.25) is 0 Å². The van der Waals surface area contributed by atoms with E-state index in [1.54, 1.807) is 0 Å². The first-order valence-electron chi connectivity index (χ1n) is 5.41. The molecule has 0 saturated carbocycles. The molecule has 14 heavy (non-hydrogen) atoms. The number of rotatable bonds is 2. The van der Waals surface area contributed by atoms with Crippen LogP contribution in [0.3, 0.4) is 0 Å². The maximum Gasteiger partial charge on any atom is 0.0674 e. The van der Waals surface area contributed by atoms with Crippen LogP contribution in [0.1, 0.15) is 13.3 Å². The van der Waals surface area contributed by atoms with E-state index in [0.29, 0.717) is 12.6 Å². The summed E-state index contributed by atoms with van der Waals surface area (Å²) in [5, 5.41) is 0. The van der Waals surface area contributed by atoms with Gasteiger partial charge in [0, 0.05) is 26.2 Å². The summed E-state index contributed by atoms with van der Waals surface area (Å²) < 4.78 is 11.0. The zero-order valence-corrected chi connectivity index (χ0v) is 8.87. The number of hydrogen-bond donors (Lipinski definition) is 1. The van der Waals surface area contributed by atoms with Crippen LogP contribution >= 0.6 is 0 Å². The summed E-state index contributed by atoms with van der Waals surface area (Å²) in [5.41, 5.74) is 5.98. The van der Waals surface area contributed by atoms with E-state index in [1.807, 2.05) is 0 Å². The van der Waals surface area contributed by atoms with E-state index in [0.717, 1.165) is 39.3 Å². The molecule has 0 aromatic heterocycles. The van der Waals surface area contributed by atoms with E-state index in [4.69, 9.17) is 15.2 Å². The van der Waals surface area contributed by atoms with Gasteiger partial charge in [0.25, 0.3) is 0 Å². The third-order valence-electron chi connectivity index (χ3n) is 3.37. The fourth-order valence-electron chi connectivity index (χ4n) is 2.39. The van der Waals surface area contributed by atoms with Gasteiger partial charge in [-0.15, -0.1) is 0 Å². The Morgan fingerprint density at radius 1 is 1.50 bits per heavy atom. The van der Waals surface area contributed by atoms with Crippen molar-refractivity contribution in [3.63, 3.8) is 0 Å². The van der Waals surface area contributed by atoms with E-state index >= 15 is 0 Å². The first kappa shape index (κ1) is 10.4. The molecule has 2 unspecified atom stereocenters. The molecule has 0 radical (unpaired) electrons.